The standard InChI is InChI=1S/C15H10BrNOS/c16-11-7-10(5-6-12(11)17)15(18)14-8-9-3-1-2-4-13(9)19-14/h1-8H,17H2. The lowest BCUT2D eigenvalue weighted by Gasteiger charge is -2.01. The van der Waals surface area contributed by atoms with E-state index in [0.29, 0.717) is 11.3 Å². The fraction of sp³-hybridized carbons (Fsp3) is 0. The highest BCUT2D eigenvalue weighted by atomic mass is 79.9. The lowest BCUT2D eigenvalue weighted by atomic mass is 10.1. The fourth-order valence-electron chi connectivity index (χ4n) is 1.90. The van der Waals surface area contributed by atoms with Gasteiger partial charge in [0.1, 0.15) is 0 Å². The molecule has 0 unspecified atom stereocenters. The maximum absolute atomic E-state index is 12.4. The van der Waals surface area contributed by atoms with Crippen molar-refractivity contribution in [2.24, 2.45) is 0 Å². The first-order valence-electron chi connectivity index (χ1n) is 5.73. The highest BCUT2D eigenvalue weighted by Crippen LogP contribution is 2.28. The third-order valence-electron chi connectivity index (χ3n) is 2.91. The molecule has 2 aromatic carbocycles. The normalized spacial score (nSPS) is 10.8. The second-order valence-corrected chi connectivity index (χ2v) is 6.15. The van der Waals surface area contributed by atoms with Gasteiger partial charge in [-0.05, 0) is 51.6 Å². The molecule has 2 N–H and O–H groups in total. The summed E-state index contributed by atoms with van der Waals surface area (Å²) in [5, 5.41) is 1.10. The summed E-state index contributed by atoms with van der Waals surface area (Å²) < 4.78 is 1.87. The molecule has 94 valence electrons. The first kappa shape index (κ1) is 12.4. The van der Waals surface area contributed by atoms with E-state index in [9.17, 15) is 4.79 Å². The van der Waals surface area contributed by atoms with E-state index >= 15 is 0 Å². The molecule has 0 aliphatic heterocycles. The summed E-state index contributed by atoms with van der Waals surface area (Å²) in [6.07, 6.45) is 0. The van der Waals surface area contributed by atoms with Crippen molar-refractivity contribution in [2.45, 2.75) is 0 Å². The molecule has 4 heteroatoms. The predicted molar refractivity (Wildman–Crippen MR) is 83.8 cm³/mol. The van der Waals surface area contributed by atoms with Gasteiger partial charge in [0.05, 0.1) is 4.88 Å². The number of fused-ring (bicyclic) bond motifs is 1. The zero-order valence-corrected chi connectivity index (χ0v) is 12.3. The summed E-state index contributed by atoms with van der Waals surface area (Å²) in [4.78, 5) is 13.2. The van der Waals surface area contributed by atoms with E-state index in [2.05, 4.69) is 15.9 Å². The van der Waals surface area contributed by atoms with Crippen molar-refractivity contribution in [1.29, 1.82) is 0 Å². The number of benzene rings is 2. The number of hydrogen-bond acceptors (Lipinski definition) is 3. The number of hydrogen-bond donors (Lipinski definition) is 1. The molecule has 3 rings (SSSR count). The van der Waals surface area contributed by atoms with E-state index in [1.807, 2.05) is 30.3 Å². The Kier molecular flexibility index (Phi) is 3.12. The van der Waals surface area contributed by atoms with Crippen LogP contribution in [0, 0.1) is 0 Å². The number of thiophene rings is 1. The van der Waals surface area contributed by atoms with Gasteiger partial charge in [-0.3, -0.25) is 4.79 Å². The SMILES string of the molecule is Nc1ccc(C(=O)c2cc3ccccc3s2)cc1Br. The molecular formula is C15H10BrNOS. The van der Waals surface area contributed by atoms with Crippen LogP contribution in [0.25, 0.3) is 10.1 Å². The van der Waals surface area contributed by atoms with Gasteiger partial charge in [-0.2, -0.15) is 0 Å². The molecule has 0 aliphatic carbocycles. The summed E-state index contributed by atoms with van der Waals surface area (Å²) >= 11 is 4.86. The van der Waals surface area contributed by atoms with Crippen LogP contribution in [0.5, 0.6) is 0 Å². The van der Waals surface area contributed by atoms with Crippen molar-refractivity contribution in [3.8, 4) is 0 Å². The smallest absolute Gasteiger partial charge is 0.203 e. The Balaban J connectivity index is 2.05. The number of anilines is 1. The largest absolute Gasteiger partial charge is 0.398 e. The Morgan fingerprint density at radius 2 is 1.89 bits per heavy atom. The van der Waals surface area contributed by atoms with Gasteiger partial charge in [-0.15, -0.1) is 11.3 Å². The molecule has 0 spiro atoms. The van der Waals surface area contributed by atoms with E-state index in [1.54, 1.807) is 18.2 Å². The number of ketones is 1. The summed E-state index contributed by atoms with van der Waals surface area (Å²) in [7, 11) is 0. The van der Waals surface area contributed by atoms with Gasteiger partial charge in [0.2, 0.25) is 5.78 Å². The van der Waals surface area contributed by atoms with Crippen LogP contribution >= 0.6 is 27.3 Å². The maximum atomic E-state index is 12.4. The van der Waals surface area contributed by atoms with Crippen molar-refractivity contribution in [1.82, 2.24) is 0 Å². The number of rotatable bonds is 2. The van der Waals surface area contributed by atoms with E-state index in [4.69, 9.17) is 5.73 Å². The zero-order valence-electron chi connectivity index (χ0n) is 9.89. The van der Waals surface area contributed by atoms with Crippen LogP contribution in [-0.4, -0.2) is 5.78 Å². The maximum Gasteiger partial charge on any atom is 0.203 e. The van der Waals surface area contributed by atoms with Crippen LogP contribution < -0.4 is 5.73 Å². The van der Waals surface area contributed by atoms with Gasteiger partial charge in [-0.25, -0.2) is 0 Å². The number of nitrogens with two attached hydrogens (primary N) is 1. The molecular weight excluding hydrogens is 322 g/mol. The van der Waals surface area contributed by atoms with Crippen molar-refractivity contribution >= 4 is 48.8 Å². The van der Waals surface area contributed by atoms with Gasteiger partial charge in [0.15, 0.2) is 0 Å². The molecule has 0 saturated heterocycles. The van der Waals surface area contributed by atoms with Crippen LogP contribution in [-0.2, 0) is 0 Å². The lowest BCUT2D eigenvalue weighted by molar-refractivity contribution is 0.104. The molecule has 3 aromatic rings. The van der Waals surface area contributed by atoms with Crippen molar-refractivity contribution in [2.75, 3.05) is 5.73 Å². The average Bonchev–Trinajstić information content (AvgIpc) is 2.85. The Hall–Kier alpha value is -1.65. The van der Waals surface area contributed by atoms with E-state index in [-0.39, 0.29) is 5.78 Å². The van der Waals surface area contributed by atoms with Crippen LogP contribution in [0.1, 0.15) is 15.2 Å². The molecule has 0 amide bonds. The Morgan fingerprint density at radius 3 is 2.63 bits per heavy atom. The van der Waals surface area contributed by atoms with E-state index < -0.39 is 0 Å². The fourth-order valence-corrected chi connectivity index (χ4v) is 3.31. The first-order chi connectivity index (χ1) is 9.15. The highest BCUT2D eigenvalue weighted by Gasteiger charge is 2.13. The first-order valence-corrected chi connectivity index (χ1v) is 7.34. The molecule has 0 saturated carbocycles. The minimum Gasteiger partial charge on any atom is -0.398 e. The van der Waals surface area contributed by atoms with Crippen molar-refractivity contribution < 1.29 is 4.79 Å². The summed E-state index contributed by atoms with van der Waals surface area (Å²) in [6.45, 7) is 0. The van der Waals surface area contributed by atoms with Gasteiger partial charge in [0.25, 0.3) is 0 Å². The van der Waals surface area contributed by atoms with Crippen molar-refractivity contribution in [3.63, 3.8) is 0 Å². The summed E-state index contributed by atoms with van der Waals surface area (Å²) in [5.74, 6) is 0.0295. The molecule has 2 nitrogen and oxygen atoms in total. The van der Waals surface area contributed by atoms with Crippen molar-refractivity contribution in [3.05, 3.63) is 63.4 Å². The summed E-state index contributed by atoms with van der Waals surface area (Å²) in [6, 6.07) is 15.2. The topological polar surface area (TPSA) is 43.1 Å². The number of halogens is 1. The number of carbonyl (C=O) groups is 1. The van der Waals surface area contributed by atoms with Gasteiger partial charge < -0.3 is 5.73 Å². The molecule has 0 bridgehead atoms. The molecule has 0 radical (unpaired) electrons. The third kappa shape index (κ3) is 2.29. The second-order valence-electron chi connectivity index (χ2n) is 4.21. The third-order valence-corrected chi connectivity index (χ3v) is 4.71. The number of carbonyl (C=O) groups excluding carboxylic acids is 1. The monoisotopic (exact) mass is 331 g/mol. The Bertz CT molecular complexity index is 746. The van der Waals surface area contributed by atoms with Crippen LogP contribution in [0.3, 0.4) is 0 Å². The summed E-state index contributed by atoms with van der Waals surface area (Å²) in [5.41, 5.74) is 7.01. The second kappa shape index (κ2) is 4.79. The zero-order chi connectivity index (χ0) is 13.4. The Labute approximate surface area is 123 Å². The lowest BCUT2D eigenvalue weighted by Crippen LogP contribution is -1.99. The van der Waals surface area contributed by atoms with Gasteiger partial charge in [-0.1, -0.05) is 18.2 Å². The van der Waals surface area contributed by atoms with E-state index in [0.717, 1.165) is 19.4 Å². The minimum absolute atomic E-state index is 0.0295. The molecule has 1 aromatic heterocycles. The predicted octanol–water partition coefficient (Wildman–Crippen LogP) is 4.48. The average molecular weight is 332 g/mol. The van der Waals surface area contributed by atoms with Crippen LogP contribution in [0.2, 0.25) is 0 Å². The van der Waals surface area contributed by atoms with Crippen LogP contribution in [0.4, 0.5) is 5.69 Å². The quantitative estimate of drug-likeness (QED) is 0.555. The molecule has 0 atom stereocenters. The molecule has 19 heavy (non-hydrogen) atoms. The van der Waals surface area contributed by atoms with Gasteiger partial charge in [0, 0.05) is 20.4 Å². The molecule has 0 aliphatic rings. The molecule has 0 fully saturated rings. The van der Waals surface area contributed by atoms with E-state index in [1.165, 1.54) is 11.3 Å². The highest BCUT2D eigenvalue weighted by molar-refractivity contribution is 9.10. The van der Waals surface area contributed by atoms with Crippen LogP contribution in [0.15, 0.2) is 53.0 Å². The Morgan fingerprint density at radius 1 is 1.11 bits per heavy atom. The minimum atomic E-state index is 0.0295. The van der Waals surface area contributed by atoms with Gasteiger partial charge >= 0.3 is 0 Å². The number of nitrogen functional groups attached to an aromatic ring is 1. The molecule has 1 heterocycles.